The third-order valence-corrected chi connectivity index (χ3v) is 4.99. The van der Waals surface area contributed by atoms with Crippen molar-refractivity contribution in [1.82, 2.24) is 19.9 Å². The second-order valence-electron chi connectivity index (χ2n) is 9.43. The van der Waals surface area contributed by atoms with E-state index < -0.39 is 16.6 Å². The van der Waals surface area contributed by atoms with Gasteiger partial charge in [-0.25, -0.2) is 14.3 Å². The Hall–Kier alpha value is -3.49. The third kappa shape index (κ3) is 7.00. The summed E-state index contributed by atoms with van der Waals surface area (Å²) in [4.78, 5) is 26.2. The lowest BCUT2D eigenvalue weighted by Gasteiger charge is -2.19. The first-order chi connectivity index (χ1) is 15.5. The highest BCUT2D eigenvalue weighted by molar-refractivity contribution is 5.67. The van der Waals surface area contributed by atoms with Gasteiger partial charge in [0, 0.05) is 42.0 Å². The molecule has 2 aromatic heterocycles. The van der Waals surface area contributed by atoms with Gasteiger partial charge in [-0.2, -0.15) is 5.10 Å². The molecule has 0 bridgehead atoms. The van der Waals surface area contributed by atoms with Gasteiger partial charge < -0.3 is 10.1 Å². The summed E-state index contributed by atoms with van der Waals surface area (Å²) in [6.07, 6.45) is 6.02. The first-order valence-corrected chi connectivity index (χ1v) is 11.1. The number of nitro groups is 1. The Bertz CT molecular complexity index is 1130. The average Bonchev–Trinajstić information content (AvgIpc) is 3.50. The molecular weight excluding hydrogens is 422 g/mol. The molecule has 0 aliphatic heterocycles. The van der Waals surface area contributed by atoms with Crippen LogP contribution in [-0.4, -0.2) is 31.2 Å². The smallest absolute Gasteiger partial charge is 0.407 e. The molecule has 33 heavy (non-hydrogen) atoms. The van der Waals surface area contributed by atoms with Gasteiger partial charge in [-0.15, -0.1) is 0 Å². The zero-order valence-corrected chi connectivity index (χ0v) is 19.7. The van der Waals surface area contributed by atoms with Crippen molar-refractivity contribution in [3.05, 3.63) is 69.7 Å². The highest BCUT2D eigenvalue weighted by Crippen LogP contribution is 2.39. The van der Waals surface area contributed by atoms with Gasteiger partial charge in [0.15, 0.2) is 5.65 Å². The van der Waals surface area contributed by atoms with Crippen molar-refractivity contribution in [3.8, 4) is 0 Å². The van der Waals surface area contributed by atoms with Crippen LogP contribution in [0.5, 0.6) is 0 Å². The highest BCUT2D eigenvalue weighted by Gasteiger charge is 2.25. The first-order valence-electron chi connectivity index (χ1n) is 11.1. The molecule has 1 saturated carbocycles. The quantitative estimate of drug-likeness (QED) is 0.412. The molecule has 3 aromatic rings. The third-order valence-electron chi connectivity index (χ3n) is 4.99. The number of nitro benzene ring substituents is 1. The predicted octanol–water partition coefficient (Wildman–Crippen LogP) is 5.35. The zero-order chi connectivity index (χ0) is 24.2. The van der Waals surface area contributed by atoms with Crippen LogP contribution in [0.4, 0.5) is 10.5 Å². The number of ether oxygens (including phenoxy) is 1. The molecule has 1 aliphatic carbocycles. The van der Waals surface area contributed by atoms with Gasteiger partial charge in [-0.1, -0.05) is 26.0 Å². The number of carbonyl (C=O) groups is 1. The van der Waals surface area contributed by atoms with Gasteiger partial charge in [0.1, 0.15) is 5.60 Å². The molecule has 1 amide bonds. The number of non-ortho nitro benzene ring substituents is 1. The molecular formula is C24H31N5O4. The van der Waals surface area contributed by atoms with Crippen LogP contribution < -0.4 is 5.32 Å². The van der Waals surface area contributed by atoms with E-state index >= 15 is 0 Å². The van der Waals surface area contributed by atoms with Crippen LogP contribution in [-0.2, 0) is 11.3 Å². The molecule has 9 nitrogen and oxygen atoms in total. The summed E-state index contributed by atoms with van der Waals surface area (Å²) in [7, 11) is 0. The molecule has 0 unspecified atom stereocenters. The van der Waals surface area contributed by atoms with Crippen molar-refractivity contribution < 1.29 is 14.5 Å². The zero-order valence-electron chi connectivity index (χ0n) is 19.7. The number of nitrogens with zero attached hydrogens (tertiary/aromatic N) is 4. The molecule has 0 spiro atoms. The second kappa shape index (κ2) is 9.97. The Kier molecular flexibility index (Phi) is 7.30. The van der Waals surface area contributed by atoms with E-state index in [0.29, 0.717) is 17.4 Å². The maximum atomic E-state index is 11.4. The van der Waals surface area contributed by atoms with E-state index in [-0.39, 0.29) is 12.2 Å². The van der Waals surface area contributed by atoms with E-state index in [1.165, 1.54) is 36.2 Å². The maximum Gasteiger partial charge on any atom is 0.407 e. The summed E-state index contributed by atoms with van der Waals surface area (Å²) in [6.45, 7) is 9.85. The van der Waals surface area contributed by atoms with Crippen molar-refractivity contribution in [3.63, 3.8) is 0 Å². The summed E-state index contributed by atoms with van der Waals surface area (Å²) >= 11 is 0. The van der Waals surface area contributed by atoms with Crippen molar-refractivity contribution in [2.75, 3.05) is 0 Å². The Balaban J connectivity index is 0.000000188. The van der Waals surface area contributed by atoms with Gasteiger partial charge in [-0.05, 0) is 51.2 Å². The number of alkyl carbamates (subject to hydrolysis) is 1. The molecule has 176 valence electrons. The van der Waals surface area contributed by atoms with Crippen molar-refractivity contribution >= 4 is 17.4 Å². The van der Waals surface area contributed by atoms with Crippen molar-refractivity contribution in [2.45, 2.75) is 71.4 Å². The van der Waals surface area contributed by atoms with E-state index in [1.807, 2.05) is 16.9 Å². The summed E-state index contributed by atoms with van der Waals surface area (Å²) in [5.74, 6) is 1.20. The molecule has 4 rings (SSSR count). The number of rotatable bonds is 5. The minimum atomic E-state index is -0.563. The van der Waals surface area contributed by atoms with E-state index in [2.05, 4.69) is 30.3 Å². The number of aromatic nitrogens is 3. The van der Waals surface area contributed by atoms with Gasteiger partial charge in [0.2, 0.25) is 0 Å². The molecule has 0 radical (unpaired) electrons. The molecule has 2 heterocycles. The summed E-state index contributed by atoms with van der Waals surface area (Å²) < 4.78 is 6.93. The van der Waals surface area contributed by atoms with Crippen LogP contribution in [0.3, 0.4) is 0 Å². The minimum absolute atomic E-state index is 0.00140. The molecule has 0 atom stereocenters. The number of carbonyl (C=O) groups excluding carboxylic acids is 1. The van der Waals surface area contributed by atoms with Gasteiger partial charge in [0.25, 0.3) is 5.69 Å². The van der Waals surface area contributed by atoms with Gasteiger partial charge in [0.05, 0.1) is 11.1 Å². The maximum absolute atomic E-state index is 11.4. The van der Waals surface area contributed by atoms with Gasteiger partial charge >= 0.3 is 6.09 Å². The summed E-state index contributed by atoms with van der Waals surface area (Å²) in [6, 6.07) is 8.19. The van der Waals surface area contributed by atoms with Crippen LogP contribution >= 0.6 is 0 Å². The van der Waals surface area contributed by atoms with Crippen LogP contribution in [0, 0.1) is 10.1 Å². The summed E-state index contributed by atoms with van der Waals surface area (Å²) in [5.41, 5.74) is 3.61. The normalized spacial score (nSPS) is 13.4. The van der Waals surface area contributed by atoms with E-state index in [9.17, 15) is 14.9 Å². The van der Waals surface area contributed by atoms with Crippen LogP contribution in [0.2, 0.25) is 0 Å². The molecule has 9 heteroatoms. The monoisotopic (exact) mass is 453 g/mol. The predicted molar refractivity (Wildman–Crippen MR) is 125 cm³/mol. The van der Waals surface area contributed by atoms with Crippen LogP contribution in [0.25, 0.3) is 5.65 Å². The fraction of sp³-hybridized carbons (Fsp3) is 0.458. The Labute approximate surface area is 193 Å². The second-order valence-corrected chi connectivity index (χ2v) is 9.43. The first kappa shape index (κ1) is 24.2. The molecule has 1 N–H and O–H groups in total. The largest absolute Gasteiger partial charge is 0.444 e. The minimum Gasteiger partial charge on any atom is -0.444 e. The van der Waals surface area contributed by atoms with E-state index in [1.54, 1.807) is 32.9 Å². The topological polar surface area (TPSA) is 112 Å². The molecule has 1 aliphatic rings. The van der Waals surface area contributed by atoms with E-state index in [4.69, 9.17) is 9.72 Å². The van der Waals surface area contributed by atoms with Gasteiger partial charge in [-0.3, -0.25) is 10.1 Å². The SMILES string of the molecule is CC(C)(C)OC(=O)NCc1cccc([N+](=O)[O-])c1.CC(C)c1cnn2ccc(C3CC3)nc12. The molecule has 1 aromatic carbocycles. The number of hydrogen-bond acceptors (Lipinski definition) is 6. The van der Waals surface area contributed by atoms with E-state index in [0.717, 1.165) is 5.65 Å². The standard InChI is InChI=1S/C12H15N3.C12H16N2O4/c1-8(2)10-7-13-15-6-5-11(9-3-4-9)14-12(10)15;1-12(2,3)18-11(15)13-8-9-5-4-6-10(7-9)14(16)17/h5-9H,3-4H2,1-2H3;4-7H,8H2,1-3H3,(H,13,15). The Morgan fingerprint density at radius 3 is 2.64 bits per heavy atom. The Morgan fingerprint density at radius 2 is 2.03 bits per heavy atom. The lowest BCUT2D eigenvalue weighted by molar-refractivity contribution is -0.384. The van der Waals surface area contributed by atoms with Crippen LogP contribution in [0.15, 0.2) is 42.7 Å². The number of benzene rings is 1. The fourth-order valence-corrected chi connectivity index (χ4v) is 3.18. The van der Waals surface area contributed by atoms with Crippen LogP contribution in [0.1, 0.15) is 76.1 Å². The lowest BCUT2D eigenvalue weighted by atomic mass is 10.1. The Morgan fingerprint density at radius 1 is 1.30 bits per heavy atom. The fourth-order valence-electron chi connectivity index (χ4n) is 3.18. The highest BCUT2D eigenvalue weighted by atomic mass is 16.6. The lowest BCUT2D eigenvalue weighted by Crippen LogP contribution is -2.32. The van der Waals surface area contributed by atoms with Crippen molar-refractivity contribution in [1.29, 1.82) is 0 Å². The average molecular weight is 454 g/mol. The summed E-state index contributed by atoms with van der Waals surface area (Å²) in [5, 5.41) is 17.4. The molecule has 1 fully saturated rings. The number of hydrogen-bond donors (Lipinski definition) is 1. The number of fused-ring (bicyclic) bond motifs is 1. The molecule has 0 saturated heterocycles. The number of amides is 1. The number of nitrogens with one attached hydrogen (secondary N) is 1. The van der Waals surface area contributed by atoms with Crippen molar-refractivity contribution in [2.24, 2.45) is 0 Å².